The molecule has 2 aliphatic rings. The highest BCUT2D eigenvalue weighted by Crippen LogP contribution is 2.41. The number of nitrogens with zero attached hydrogens (tertiary/aromatic N) is 1. The van der Waals surface area contributed by atoms with Gasteiger partial charge in [-0.25, -0.2) is 4.39 Å². The molecule has 0 spiro atoms. The summed E-state index contributed by atoms with van der Waals surface area (Å²) in [4.78, 5) is 2.43. The van der Waals surface area contributed by atoms with E-state index in [0.717, 1.165) is 18.2 Å². The minimum atomic E-state index is -0.252. The van der Waals surface area contributed by atoms with Crippen LogP contribution in [0.1, 0.15) is 50.6 Å². The number of piperidine rings is 1. The van der Waals surface area contributed by atoms with Gasteiger partial charge in [0.1, 0.15) is 5.82 Å². The van der Waals surface area contributed by atoms with Crippen molar-refractivity contribution in [1.82, 2.24) is 0 Å². The van der Waals surface area contributed by atoms with Gasteiger partial charge in [-0.05, 0) is 50.7 Å². The summed E-state index contributed by atoms with van der Waals surface area (Å²) in [7, 11) is 0. The molecule has 1 saturated carbocycles. The summed E-state index contributed by atoms with van der Waals surface area (Å²) in [6.45, 7) is 2.92. The first kappa shape index (κ1) is 12.9. The first-order chi connectivity index (χ1) is 9.18. The highest BCUT2D eigenvalue weighted by atomic mass is 19.1. The maximum absolute atomic E-state index is 14.1. The van der Waals surface area contributed by atoms with Gasteiger partial charge in [0.2, 0.25) is 0 Å². The lowest BCUT2D eigenvalue weighted by atomic mass is 9.90. The summed E-state index contributed by atoms with van der Waals surface area (Å²) in [5, 5.41) is 0. The molecule has 3 heteroatoms. The predicted octanol–water partition coefficient (Wildman–Crippen LogP) is 3.61. The van der Waals surface area contributed by atoms with Crippen LogP contribution in [0, 0.1) is 11.7 Å². The molecule has 0 amide bonds. The molecule has 3 atom stereocenters. The third-order valence-electron chi connectivity index (χ3n) is 4.79. The zero-order chi connectivity index (χ0) is 13.4. The van der Waals surface area contributed by atoms with Gasteiger partial charge in [-0.3, -0.25) is 0 Å². The van der Waals surface area contributed by atoms with E-state index in [0.29, 0.717) is 11.6 Å². The first-order valence-electron chi connectivity index (χ1n) is 7.49. The number of hydrogen-bond acceptors (Lipinski definition) is 2. The van der Waals surface area contributed by atoms with E-state index in [1.165, 1.54) is 38.2 Å². The summed E-state index contributed by atoms with van der Waals surface area (Å²) in [5.41, 5.74) is 7.72. The van der Waals surface area contributed by atoms with Gasteiger partial charge in [0.25, 0.3) is 0 Å². The molecule has 0 aromatic heterocycles. The van der Waals surface area contributed by atoms with E-state index in [1.54, 1.807) is 0 Å². The Morgan fingerprint density at radius 3 is 2.84 bits per heavy atom. The molecule has 2 N–H and O–H groups in total. The number of anilines is 1. The fourth-order valence-corrected chi connectivity index (χ4v) is 3.98. The number of hydrogen-bond donors (Lipinski definition) is 1. The summed E-state index contributed by atoms with van der Waals surface area (Å²) < 4.78 is 14.1. The SMILES string of the molecule is C[C@@H](N)c1c(F)cccc1N1CCCC2CCCC21. The lowest BCUT2D eigenvalue weighted by Gasteiger charge is -2.41. The van der Waals surface area contributed by atoms with Crippen LogP contribution < -0.4 is 10.6 Å². The van der Waals surface area contributed by atoms with Crippen molar-refractivity contribution >= 4 is 5.69 Å². The molecule has 1 aliphatic carbocycles. The van der Waals surface area contributed by atoms with Crippen molar-refractivity contribution in [3.05, 3.63) is 29.6 Å². The standard InChI is InChI=1S/C16H23FN2/c1-11(18)16-13(17)7-3-9-15(16)19-10-4-6-12-5-2-8-14(12)19/h3,7,9,11-12,14H,2,4-6,8,10,18H2,1H3/t11-,12?,14?/m1/s1. The molecule has 1 aromatic rings. The summed E-state index contributed by atoms with van der Waals surface area (Å²) in [6, 6.07) is 5.74. The second kappa shape index (κ2) is 5.12. The molecule has 1 aromatic carbocycles. The quantitative estimate of drug-likeness (QED) is 0.882. The second-order valence-electron chi connectivity index (χ2n) is 6.06. The summed E-state index contributed by atoms with van der Waals surface area (Å²) in [5.74, 6) is 0.644. The lowest BCUT2D eigenvalue weighted by Crippen LogP contribution is -2.43. The number of fused-ring (bicyclic) bond motifs is 1. The zero-order valence-electron chi connectivity index (χ0n) is 11.6. The molecule has 19 heavy (non-hydrogen) atoms. The lowest BCUT2D eigenvalue weighted by molar-refractivity contribution is 0.361. The van der Waals surface area contributed by atoms with Crippen LogP contribution in [-0.4, -0.2) is 12.6 Å². The Morgan fingerprint density at radius 1 is 1.26 bits per heavy atom. The van der Waals surface area contributed by atoms with Crippen molar-refractivity contribution in [3.8, 4) is 0 Å². The number of benzene rings is 1. The summed E-state index contributed by atoms with van der Waals surface area (Å²) >= 11 is 0. The highest BCUT2D eigenvalue weighted by Gasteiger charge is 2.36. The Balaban J connectivity index is 1.99. The van der Waals surface area contributed by atoms with Gasteiger partial charge in [0, 0.05) is 29.9 Å². The Morgan fingerprint density at radius 2 is 2.05 bits per heavy atom. The molecule has 104 valence electrons. The van der Waals surface area contributed by atoms with Crippen LogP contribution in [-0.2, 0) is 0 Å². The van der Waals surface area contributed by atoms with E-state index in [4.69, 9.17) is 5.73 Å². The molecule has 1 aliphatic heterocycles. The fourth-order valence-electron chi connectivity index (χ4n) is 3.98. The fraction of sp³-hybridized carbons (Fsp3) is 0.625. The zero-order valence-corrected chi connectivity index (χ0v) is 11.6. The van der Waals surface area contributed by atoms with Crippen molar-refractivity contribution in [3.63, 3.8) is 0 Å². The monoisotopic (exact) mass is 262 g/mol. The van der Waals surface area contributed by atoms with Crippen LogP contribution in [0.25, 0.3) is 0 Å². The second-order valence-corrected chi connectivity index (χ2v) is 6.06. The number of rotatable bonds is 2. The van der Waals surface area contributed by atoms with Gasteiger partial charge in [0.05, 0.1) is 0 Å². The largest absolute Gasteiger partial charge is 0.368 e. The van der Waals surface area contributed by atoms with Gasteiger partial charge in [-0.2, -0.15) is 0 Å². The Hall–Kier alpha value is -1.09. The van der Waals surface area contributed by atoms with Gasteiger partial charge < -0.3 is 10.6 Å². The van der Waals surface area contributed by atoms with E-state index >= 15 is 0 Å². The molecule has 2 unspecified atom stereocenters. The average molecular weight is 262 g/mol. The summed E-state index contributed by atoms with van der Waals surface area (Å²) in [6.07, 6.45) is 6.46. The number of nitrogens with two attached hydrogens (primary N) is 1. The van der Waals surface area contributed by atoms with Gasteiger partial charge >= 0.3 is 0 Å². The molecular formula is C16H23FN2. The normalized spacial score (nSPS) is 28.3. The molecule has 1 heterocycles. The molecule has 1 saturated heterocycles. The maximum atomic E-state index is 14.1. The molecule has 2 nitrogen and oxygen atoms in total. The first-order valence-corrected chi connectivity index (χ1v) is 7.49. The van der Waals surface area contributed by atoms with E-state index in [9.17, 15) is 4.39 Å². The molecule has 0 radical (unpaired) electrons. The Bertz CT molecular complexity index is 458. The van der Waals surface area contributed by atoms with Crippen LogP contribution in [0.5, 0.6) is 0 Å². The van der Waals surface area contributed by atoms with Crippen molar-refractivity contribution in [2.24, 2.45) is 11.7 Å². The van der Waals surface area contributed by atoms with E-state index in [-0.39, 0.29) is 11.9 Å². The highest BCUT2D eigenvalue weighted by molar-refractivity contribution is 5.57. The van der Waals surface area contributed by atoms with E-state index in [1.807, 2.05) is 19.1 Å². The van der Waals surface area contributed by atoms with Gasteiger partial charge in [-0.15, -0.1) is 0 Å². The van der Waals surface area contributed by atoms with Crippen molar-refractivity contribution < 1.29 is 4.39 Å². The van der Waals surface area contributed by atoms with Gasteiger partial charge in [0.15, 0.2) is 0 Å². The molecule has 3 rings (SSSR count). The third kappa shape index (κ3) is 2.25. The smallest absolute Gasteiger partial charge is 0.130 e. The molecular weight excluding hydrogens is 239 g/mol. The van der Waals surface area contributed by atoms with Crippen LogP contribution >= 0.6 is 0 Å². The molecule has 2 fully saturated rings. The van der Waals surface area contributed by atoms with E-state index in [2.05, 4.69) is 4.90 Å². The van der Waals surface area contributed by atoms with E-state index < -0.39 is 0 Å². The van der Waals surface area contributed by atoms with Crippen LogP contribution in [0.2, 0.25) is 0 Å². The molecule has 0 bridgehead atoms. The number of halogens is 1. The van der Waals surface area contributed by atoms with Crippen LogP contribution in [0.3, 0.4) is 0 Å². The van der Waals surface area contributed by atoms with Crippen LogP contribution in [0.15, 0.2) is 18.2 Å². The van der Waals surface area contributed by atoms with Crippen molar-refractivity contribution in [2.45, 2.75) is 51.1 Å². The van der Waals surface area contributed by atoms with Crippen molar-refractivity contribution in [2.75, 3.05) is 11.4 Å². The average Bonchev–Trinajstić information content (AvgIpc) is 2.85. The minimum absolute atomic E-state index is 0.160. The van der Waals surface area contributed by atoms with Crippen molar-refractivity contribution in [1.29, 1.82) is 0 Å². The maximum Gasteiger partial charge on any atom is 0.130 e. The minimum Gasteiger partial charge on any atom is -0.368 e. The Labute approximate surface area is 114 Å². The van der Waals surface area contributed by atoms with Gasteiger partial charge in [-0.1, -0.05) is 12.5 Å². The third-order valence-corrected chi connectivity index (χ3v) is 4.79. The predicted molar refractivity (Wildman–Crippen MR) is 76.7 cm³/mol. The topological polar surface area (TPSA) is 29.3 Å². The van der Waals surface area contributed by atoms with Crippen LogP contribution in [0.4, 0.5) is 10.1 Å². The Kier molecular flexibility index (Phi) is 3.48.